The second-order valence-corrected chi connectivity index (χ2v) is 6.79. The van der Waals surface area contributed by atoms with Crippen molar-refractivity contribution in [1.29, 1.82) is 0 Å². The summed E-state index contributed by atoms with van der Waals surface area (Å²) in [4.78, 5) is 11.1. The molecule has 122 valence electrons. The van der Waals surface area contributed by atoms with Crippen molar-refractivity contribution < 1.29 is 22.1 Å². The largest absolute Gasteiger partial charge is 0.469 e. The zero-order chi connectivity index (χ0) is 17.0. The topological polar surface area (TPSA) is 69.7 Å². The molecule has 0 bridgehead atoms. The summed E-state index contributed by atoms with van der Waals surface area (Å²) in [6, 6.07) is 10.7. The van der Waals surface area contributed by atoms with Gasteiger partial charge in [0, 0.05) is 0 Å². The van der Waals surface area contributed by atoms with Crippen LogP contribution in [0.1, 0.15) is 11.1 Å². The van der Waals surface area contributed by atoms with Crippen LogP contribution in [0.2, 0.25) is 5.02 Å². The van der Waals surface area contributed by atoms with E-state index in [0.717, 1.165) is 5.56 Å². The molecule has 2 aromatic carbocycles. The summed E-state index contributed by atoms with van der Waals surface area (Å²) < 4.78 is 34.2. The van der Waals surface area contributed by atoms with E-state index < -0.39 is 10.1 Å². The summed E-state index contributed by atoms with van der Waals surface area (Å²) >= 11 is 5.97. The molecular weight excluding hydrogens is 340 g/mol. The first-order valence-electron chi connectivity index (χ1n) is 6.68. The van der Waals surface area contributed by atoms with Crippen LogP contribution in [0.5, 0.6) is 5.75 Å². The fourth-order valence-corrected chi connectivity index (χ4v) is 3.39. The molecule has 2 rings (SSSR count). The lowest BCUT2D eigenvalue weighted by Gasteiger charge is -2.09. The third kappa shape index (κ3) is 4.46. The molecule has 23 heavy (non-hydrogen) atoms. The van der Waals surface area contributed by atoms with Crippen LogP contribution >= 0.6 is 11.6 Å². The monoisotopic (exact) mass is 354 g/mol. The Morgan fingerprint density at radius 1 is 1.13 bits per heavy atom. The Bertz CT molecular complexity index is 813. The molecular formula is C16H15ClO5S. The maximum absolute atomic E-state index is 12.3. The van der Waals surface area contributed by atoms with Crippen LogP contribution in [0.25, 0.3) is 0 Å². The normalized spacial score (nSPS) is 11.1. The van der Waals surface area contributed by atoms with Gasteiger partial charge in [-0.25, -0.2) is 0 Å². The number of ether oxygens (including phenoxy) is 1. The van der Waals surface area contributed by atoms with Crippen LogP contribution in [-0.2, 0) is 26.1 Å². The molecule has 0 amide bonds. The average Bonchev–Trinajstić information content (AvgIpc) is 2.48. The Hall–Kier alpha value is -2.05. The molecule has 5 nitrogen and oxygen atoms in total. The minimum Gasteiger partial charge on any atom is -0.469 e. The number of halogens is 1. The van der Waals surface area contributed by atoms with Crippen LogP contribution < -0.4 is 4.18 Å². The van der Waals surface area contributed by atoms with Crippen molar-refractivity contribution in [3.05, 3.63) is 58.6 Å². The summed E-state index contributed by atoms with van der Waals surface area (Å²) in [7, 11) is -2.72. The number of esters is 1. The SMILES string of the molecule is COC(=O)Cc1ccc(OS(=O)(=O)c2ccc(C)cc2Cl)cc1. The van der Waals surface area contributed by atoms with Crippen molar-refractivity contribution in [3.63, 3.8) is 0 Å². The van der Waals surface area contributed by atoms with E-state index >= 15 is 0 Å². The van der Waals surface area contributed by atoms with Crippen molar-refractivity contribution in [2.24, 2.45) is 0 Å². The lowest BCUT2D eigenvalue weighted by atomic mass is 10.1. The maximum Gasteiger partial charge on any atom is 0.340 e. The molecule has 0 radical (unpaired) electrons. The Morgan fingerprint density at radius 2 is 1.78 bits per heavy atom. The van der Waals surface area contributed by atoms with E-state index in [0.29, 0.717) is 5.56 Å². The summed E-state index contributed by atoms with van der Waals surface area (Å²) in [5.74, 6) is -0.243. The molecule has 7 heteroatoms. The predicted molar refractivity (Wildman–Crippen MR) is 86.2 cm³/mol. The molecule has 0 saturated carbocycles. The average molecular weight is 355 g/mol. The molecule has 0 N–H and O–H groups in total. The Balaban J connectivity index is 2.19. The number of hydrogen-bond acceptors (Lipinski definition) is 5. The third-order valence-electron chi connectivity index (χ3n) is 3.06. The van der Waals surface area contributed by atoms with E-state index in [9.17, 15) is 13.2 Å². The van der Waals surface area contributed by atoms with Gasteiger partial charge in [0.2, 0.25) is 0 Å². The maximum atomic E-state index is 12.3. The van der Waals surface area contributed by atoms with Gasteiger partial charge in [0.05, 0.1) is 18.6 Å². The minimum absolute atomic E-state index is 0.0941. The van der Waals surface area contributed by atoms with Crippen molar-refractivity contribution in [2.45, 2.75) is 18.2 Å². The molecule has 0 fully saturated rings. The summed E-state index contributed by atoms with van der Waals surface area (Å²) in [6.45, 7) is 1.81. The second-order valence-electron chi connectivity index (χ2n) is 4.87. The summed E-state index contributed by atoms with van der Waals surface area (Å²) in [5.41, 5.74) is 1.54. The van der Waals surface area contributed by atoms with E-state index in [1.807, 2.05) is 6.92 Å². The van der Waals surface area contributed by atoms with Crippen LogP contribution in [0.3, 0.4) is 0 Å². The highest BCUT2D eigenvalue weighted by molar-refractivity contribution is 7.87. The molecule has 0 aromatic heterocycles. The van der Waals surface area contributed by atoms with Gasteiger partial charge < -0.3 is 8.92 Å². The van der Waals surface area contributed by atoms with E-state index in [1.54, 1.807) is 24.3 Å². The van der Waals surface area contributed by atoms with Crippen LogP contribution in [0.4, 0.5) is 0 Å². The Kier molecular flexibility index (Phi) is 5.28. The highest BCUT2D eigenvalue weighted by atomic mass is 35.5. The zero-order valence-corrected chi connectivity index (χ0v) is 14.1. The minimum atomic E-state index is -4.02. The second kappa shape index (κ2) is 7.02. The van der Waals surface area contributed by atoms with E-state index in [1.165, 1.54) is 25.3 Å². The van der Waals surface area contributed by atoms with Crippen molar-refractivity contribution in [3.8, 4) is 5.75 Å². The number of methoxy groups -OCH3 is 1. The fraction of sp³-hybridized carbons (Fsp3) is 0.188. The van der Waals surface area contributed by atoms with Gasteiger partial charge in [-0.15, -0.1) is 0 Å². The lowest BCUT2D eigenvalue weighted by Crippen LogP contribution is -2.10. The van der Waals surface area contributed by atoms with Crippen molar-refractivity contribution >= 4 is 27.7 Å². The molecule has 0 heterocycles. The van der Waals surface area contributed by atoms with E-state index in [-0.39, 0.29) is 28.1 Å². The molecule has 0 unspecified atom stereocenters. The van der Waals surface area contributed by atoms with Gasteiger partial charge in [0.15, 0.2) is 0 Å². The van der Waals surface area contributed by atoms with Gasteiger partial charge in [-0.1, -0.05) is 29.8 Å². The number of hydrogen-bond donors (Lipinski definition) is 0. The highest BCUT2D eigenvalue weighted by Crippen LogP contribution is 2.26. The number of aryl methyl sites for hydroxylation is 1. The summed E-state index contributed by atoms with van der Waals surface area (Å²) in [5, 5.41) is 0.104. The quantitative estimate of drug-likeness (QED) is 0.609. The highest BCUT2D eigenvalue weighted by Gasteiger charge is 2.20. The first kappa shape index (κ1) is 17.3. The van der Waals surface area contributed by atoms with E-state index in [4.69, 9.17) is 15.8 Å². The Morgan fingerprint density at radius 3 is 2.35 bits per heavy atom. The standard InChI is InChI=1S/C16H15ClO5S/c1-11-3-8-15(14(17)9-11)23(19,20)22-13-6-4-12(5-7-13)10-16(18)21-2/h3-9H,10H2,1-2H3. The lowest BCUT2D eigenvalue weighted by molar-refractivity contribution is -0.139. The van der Waals surface area contributed by atoms with Crippen molar-refractivity contribution in [1.82, 2.24) is 0 Å². The van der Waals surface area contributed by atoms with Crippen molar-refractivity contribution in [2.75, 3.05) is 7.11 Å². The molecule has 2 aromatic rings. The molecule has 0 aliphatic heterocycles. The molecule has 0 aliphatic carbocycles. The first-order chi connectivity index (χ1) is 10.8. The first-order valence-corrected chi connectivity index (χ1v) is 8.47. The van der Waals surface area contributed by atoms with Gasteiger partial charge >= 0.3 is 16.1 Å². The number of carbonyl (C=O) groups is 1. The molecule has 0 aliphatic rings. The van der Waals surface area contributed by atoms with Crippen LogP contribution in [0.15, 0.2) is 47.4 Å². The van der Waals surface area contributed by atoms with Gasteiger partial charge in [-0.05, 0) is 42.3 Å². The van der Waals surface area contributed by atoms with Gasteiger partial charge in [-0.3, -0.25) is 4.79 Å². The smallest absolute Gasteiger partial charge is 0.340 e. The molecule has 0 saturated heterocycles. The molecule has 0 spiro atoms. The van der Waals surface area contributed by atoms with Gasteiger partial charge in [0.1, 0.15) is 10.6 Å². The fourth-order valence-electron chi connectivity index (χ4n) is 1.88. The Labute approximate surface area is 139 Å². The number of rotatable bonds is 5. The zero-order valence-electron chi connectivity index (χ0n) is 12.6. The number of benzene rings is 2. The van der Waals surface area contributed by atoms with E-state index in [2.05, 4.69) is 4.74 Å². The molecule has 0 atom stereocenters. The predicted octanol–water partition coefficient (Wildman–Crippen LogP) is 3.13. The summed E-state index contributed by atoms with van der Waals surface area (Å²) in [6.07, 6.45) is 0.104. The van der Waals surface area contributed by atoms with Gasteiger partial charge in [-0.2, -0.15) is 8.42 Å². The van der Waals surface area contributed by atoms with Crippen LogP contribution in [-0.4, -0.2) is 21.5 Å². The third-order valence-corrected chi connectivity index (χ3v) is 4.79. The van der Waals surface area contributed by atoms with Crippen LogP contribution in [0, 0.1) is 6.92 Å². The number of carbonyl (C=O) groups excluding carboxylic acids is 1. The van der Waals surface area contributed by atoms with Gasteiger partial charge in [0.25, 0.3) is 0 Å².